The smallest absolute Gasteiger partial charge is 0.167 e. The Balaban J connectivity index is 2.21. The maximum atomic E-state index is 13.6. The van der Waals surface area contributed by atoms with E-state index in [0.717, 1.165) is 5.56 Å². The van der Waals surface area contributed by atoms with E-state index >= 15 is 0 Å². The molecule has 0 aliphatic carbocycles. The molecule has 18 heavy (non-hydrogen) atoms. The van der Waals surface area contributed by atoms with Gasteiger partial charge in [0.25, 0.3) is 0 Å². The van der Waals surface area contributed by atoms with Crippen molar-refractivity contribution >= 4 is 17.4 Å². The lowest BCUT2D eigenvalue weighted by atomic mass is 10.0. The second-order valence-electron chi connectivity index (χ2n) is 4.21. The van der Waals surface area contributed by atoms with Gasteiger partial charge >= 0.3 is 0 Å². The van der Waals surface area contributed by atoms with Crippen molar-refractivity contribution in [3.63, 3.8) is 0 Å². The van der Waals surface area contributed by atoms with Gasteiger partial charge in [0.05, 0.1) is 0 Å². The number of carbonyl (C=O) groups excluding carboxylic acids is 1. The fourth-order valence-corrected chi connectivity index (χ4v) is 1.92. The number of Topliss-reactive ketones (excluding diaryl/α,β-unsaturated/α-hetero) is 1. The lowest BCUT2D eigenvalue weighted by Gasteiger charge is -2.04. The van der Waals surface area contributed by atoms with Crippen molar-refractivity contribution in [3.05, 3.63) is 70.0 Å². The van der Waals surface area contributed by atoms with Crippen LogP contribution in [-0.2, 0) is 6.42 Å². The first-order chi connectivity index (χ1) is 8.56. The molecular formula is C15H12ClFO. The third-order valence-electron chi connectivity index (χ3n) is 2.71. The molecule has 3 heteroatoms. The number of hydrogen-bond acceptors (Lipinski definition) is 1. The van der Waals surface area contributed by atoms with E-state index in [0.29, 0.717) is 16.1 Å². The molecule has 0 aromatic heterocycles. The van der Waals surface area contributed by atoms with Crippen molar-refractivity contribution in [2.24, 2.45) is 0 Å². The lowest BCUT2D eigenvalue weighted by Crippen LogP contribution is -2.05. The third-order valence-corrected chi connectivity index (χ3v) is 2.94. The summed E-state index contributed by atoms with van der Waals surface area (Å²) >= 11 is 5.67. The molecule has 0 aliphatic heterocycles. The second-order valence-corrected chi connectivity index (χ2v) is 4.64. The van der Waals surface area contributed by atoms with Gasteiger partial charge in [0.1, 0.15) is 5.82 Å². The molecule has 0 saturated heterocycles. The zero-order chi connectivity index (χ0) is 13.1. The molecule has 0 radical (unpaired) electrons. The quantitative estimate of drug-likeness (QED) is 0.757. The number of carbonyl (C=O) groups is 1. The molecule has 0 amide bonds. The first-order valence-electron chi connectivity index (χ1n) is 5.60. The van der Waals surface area contributed by atoms with Gasteiger partial charge in [-0.2, -0.15) is 0 Å². The minimum atomic E-state index is -0.441. The van der Waals surface area contributed by atoms with Crippen molar-refractivity contribution in [2.75, 3.05) is 0 Å². The maximum Gasteiger partial charge on any atom is 0.167 e. The van der Waals surface area contributed by atoms with Crippen molar-refractivity contribution in [3.8, 4) is 0 Å². The molecule has 0 aliphatic rings. The second kappa shape index (κ2) is 5.32. The van der Waals surface area contributed by atoms with Crippen molar-refractivity contribution in [2.45, 2.75) is 13.3 Å². The average molecular weight is 263 g/mol. The predicted molar refractivity (Wildman–Crippen MR) is 70.6 cm³/mol. The fourth-order valence-electron chi connectivity index (χ4n) is 1.76. The van der Waals surface area contributed by atoms with Gasteiger partial charge in [-0.15, -0.1) is 0 Å². The molecule has 1 nitrogen and oxygen atoms in total. The third kappa shape index (κ3) is 2.96. The highest BCUT2D eigenvalue weighted by Gasteiger charge is 2.10. The molecule has 2 aromatic carbocycles. The summed E-state index contributed by atoms with van der Waals surface area (Å²) in [5, 5.41) is 0.333. The number of benzene rings is 2. The Morgan fingerprint density at radius 3 is 2.67 bits per heavy atom. The van der Waals surface area contributed by atoms with Crippen LogP contribution in [0.3, 0.4) is 0 Å². The van der Waals surface area contributed by atoms with Crippen LogP contribution in [0.1, 0.15) is 21.5 Å². The molecule has 0 N–H and O–H groups in total. The van der Waals surface area contributed by atoms with Gasteiger partial charge in [-0.1, -0.05) is 41.4 Å². The Bertz CT molecular complexity index is 593. The monoisotopic (exact) mass is 262 g/mol. The average Bonchev–Trinajstić information content (AvgIpc) is 2.32. The standard InChI is InChI=1S/C15H12ClFO/c1-10-3-2-4-12(7-10)15(18)8-11-5-6-13(16)9-14(11)17/h2-7,9H,8H2,1H3. The highest BCUT2D eigenvalue weighted by Crippen LogP contribution is 2.17. The van der Waals surface area contributed by atoms with Crippen LogP contribution in [0.25, 0.3) is 0 Å². The van der Waals surface area contributed by atoms with Gasteiger partial charge in [0.2, 0.25) is 0 Å². The molecule has 92 valence electrons. The number of rotatable bonds is 3. The number of ketones is 1. The largest absolute Gasteiger partial charge is 0.294 e. The van der Waals surface area contributed by atoms with E-state index in [9.17, 15) is 9.18 Å². The first-order valence-corrected chi connectivity index (χ1v) is 5.98. The zero-order valence-corrected chi connectivity index (χ0v) is 10.7. The molecule has 0 saturated carbocycles. The molecule has 0 bridgehead atoms. The van der Waals surface area contributed by atoms with Crippen LogP contribution in [0.5, 0.6) is 0 Å². The van der Waals surface area contributed by atoms with E-state index in [4.69, 9.17) is 11.6 Å². The van der Waals surface area contributed by atoms with Crippen LogP contribution in [0.4, 0.5) is 4.39 Å². The van der Waals surface area contributed by atoms with Crippen molar-refractivity contribution < 1.29 is 9.18 Å². The Morgan fingerprint density at radius 2 is 2.00 bits per heavy atom. The maximum absolute atomic E-state index is 13.6. The summed E-state index contributed by atoms with van der Waals surface area (Å²) < 4.78 is 13.6. The van der Waals surface area contributed by atoms with E-state index in [2.05, 4.69) is 0 Å². The summed E-state index contributed by atoms with van der Waals surface area (Å²) in [4.78, 5) is 12.0. The van der Waals surface area contributed by atoms with Gasteiger partial charge < -0.3 is 0 Å². The Morgan fingerprint density at radius 1 is 1.22 bits per heavy atom. The predicted octanol–water partition coefficient (Wildman–Crippen LogP) is 4.21. The Hall–Kier alpha value is -1.67. The number of hydrogen-bond donors (Lipinski definition) is 0. The molecule has 0 heterocycles. The van der Waals surface area contributed by atoms with E-state index in [1.54, 1.807) is 24.3 Å². The van der Waals surface area contributed by atoms with Crippen LogP contribution in [0.2, 0.25) is 5.02 Å². The zero-order valence-electron chi connectivity index (χ0n) is 9.91. The highest BCUT2D eigenvalue weighted by atomic mass is 35.5. The molecule has 2 aromatic rings. The van der Waals surface area contributed by atoms with E-state index in [1.165, 1.54) is 6.07 Å². The molecule has 0 unspecified atom stereocenters. The number of halogens is 2. The lowest BCUT2D eigenvalue weighted by molar-refractivity contribution is 0.0991. The highest BCUT2D eigenvalue weighted by molar-refractivity contribution is 6.30. The van der Waals surface area contributed by atoms with E-state index < -0.39 is 5.82 Å². The minimum Gasteiger partial charge on any atom is -0.294 e. The molecule has 2 rings (SSSR count). The van der Waals surface area contributed by atoms with Crippen LogP contribution >= 0.6 is 11.6 Å². The fraction of sp³-hybridized carbons (Fsp3) is 0.133. The summed E-state index contributed by atoms with van der Waals surface area (Å²) in [5.74, 6) is -0.538. The van der Waals surface area contributed by atoms with E-state index in [-0.39, 0.29) is 12.2 Å². The van der Waals surface area contributed by atoms with Crippen LogP contribution < -0.4 is 0 Å². The van der Waals surface area contributed by atoms with Gasteiger partial charge in [0, 0.05) is 17.0 Å². The normalized spacial score (nSPS) is 10.4. The van der Waals surface area contributed by atoms with Crippen LogP contribution in [-0.4, -0.2) is 5.78 Å². The summed E-state index contributed by atoms with van der Waals surface area (Å²) in [6.45, 7) is 1.92. The van der Waals surface area contributed by atoms with Gasteiger partial charge in [-0.3, -0.25) is 4.79 Å². The molecule has 0 atom stereocenters. The molecular weight excluding hydrogens is 251 g/mol. The summed E-state index contributed by atoms with van der Waals surface area (Å²) in [7, 11) is 0. The summed E-state index contributed by atoms with van der Waals surface area (Å²) in [6, 6.07) is 11.6. The van der Waals surface area contributed by atoms with Crippen molar-refractivity contribution in [1.82, 2.24) is 0 Å². The topological polar surface area (TPSA) is 17.1 Å². The summed E-state index contributed by atoms with van der Waals surface area (Å²) in [5.41, 5.74) is 1.98. The van der Waals surface area contributed by atoms with Gasteiger partial charge in [-0.25, -0.2) is 4.39 Å². The van der Waals surface area contributed by atoms with Crippen LogP contribution in [0, 0.1) is 12.7 Å². The van der Waals surface area contributed by atoms with Crippen molar-refractivity contribution in [1.29, 1.82) is 0 Å². The Labute approximate surface area is 110 Å². The molecule has 0 fully saturated rings. The number of aryl methyl sites for hydroxylation is 1. The van der Waals surface area contributed by atoms with Crippen LogP contribution in [0.15, 0.2) is 42.5 Å². The van der Waals surface area contributed by atoms with Gasteiger partial charge in [0.15, 0.2) is 5.78 Å². The Kier molecular flexibility index (Phi) is 3.78. The SMILES string of the molecule is Cc1cccc(C(=O)Cc2ccc(Cl)cc2F)c1. The van der Waals surface area contributed by atoms with Gasteiger partial charge in [-0.05, 0) is 30.7 Å². The van der Waals surface area contributed by atoms with E-state index in [1.807, 2.05) is 19.1 Å². The first kappa shape index (κ1) is 12.8. The minimum absolute atomic E-state index is 0.0481. The summed E-state index contributed by atoms with van der Waals surface area (Å²) in [6.07, 6.45) is 0.0481. The molecule has 0 spiro atoms.